The third-order valence-electron chi connectivity index (χ3n) is 3.46. The molecule has 0 radical (unpaired) electrons. The Morgan fingerprint density at radius 1 is 1.09 bits per heavy atom. The van der Waals surface area contributed by atoms with Crippen molar-refractivity contribution in [2.45, 2.75) is 5.92 Å². The first-order chi connectivity index (χ1) is 11.1. The lowest BCUT2D eigenvalue weighted by Gasteiger charge is -2.17. The number of rotatable bonds is 4. The third-order valence-corrected chi connectivity index (χ3v) is 4.80. The van der Waals surface area contributed by atoms with Gasteiger partial charge in [-0.3, -0.25) is 9.78 Å². The van der Waals surface area contributed by atoms with E-state index in [4.69, 9.17) is 28.9 Å². The number of carbonyl (C=O) groups is 1. The zero-order valence-corrected chi connectivity index (χ0v) is 14.2. The summed E-state index contributed by atoms with van der Waals surface area (Å²) in [6.45, 7) is 0. The van der Waals surface area contributed by atoms with Crippen LogP contribution in [0, 0.1) is 0 Å². The van der Waals surface area contributed by atoms with Gasteiger partial charge in [-0.2, -0.15) is 11.3 Å². The number of hydrogen-bond acceptors (Lipinski definition) is 3. The van der Waals surface area contributed by atoms with Crippen LogP contribution in [-0.2, 0) is 4.79 Å². The van der Waals surface area contributed by atoms with E-state index < -0.39 is 11.8 Å². The van der Waals surface area contributed by atoms with E-state index in [1.807, 2.05) is 29.0 Å². The second kappa shape index (κ2) is 6.71. The highest BCUT2D eigenvalue weighted by Crippen LogP contribution is 2.35. The van der Waals surface area contributed by atoms with Gasteiger partial charge in [0.2, 0.25) is 5.91 Å². The Morgan fingerprint density at radius 3 is 2.39 bits per heavy atom. The van der Waals surface area contributed by atoms with Crippen LogP contribution in [0.2, 0.25) is 10.0 Å². The summed E-state index contributed by atoms with van der Waals surface area (Å²) in [7, 11) is 0. The number of primary amides is 1. The predicted molar refractivity (Wildman–Crippen MR) is 95.0 cm³/mol. The van der Waals surface area contributed by atoms with Crippen LogP contribution in [0.15, 0.2) is 53.2 Å². The van der Waals surface area contributed by atoms with Gasteiger partial charge in [0.15, 0.2) is 0 Å². The molecule has 2 aromatic heterocycles. The SMILES string of the molecule is NC(=O)C(c1cccc(-c2ccsc2)n1)c1c(Cl)cccc1Cl. The maximum atomic E-state index is 12.1. The Morgan fingerprint density at radius 2 is 1.78 bits per heavy atom. The molecule has 0 saturated carbocycles. The molecule has 0 spiro atoms. The van der Waals surface area contributed by atoms with Gasteiger partial charge in [-0.1, -0.05) is 35.3 Å². The molecule has 0 fully saturated rings. The van der Waals surface area contributed by atoms with E-state index >= 15 is 0 Å². The number of thiophene rings is 1. The second-order valence-electron chi connectivity index (χ2n) is 4.93. The van der Waals surface area contributed by atoms with Crippen LogP contribution in [0.4, 0.5) is 0 Å². The minimum atomic E-state index is -0.796. The first-order valence-corrected chi connectivity index (χ1v) is 8.50. The van der Waals surface area contributed by atoms with Crippen molar-refractivity contribution < 1.29 is 4.79 Å². The van der Waals surface area contributed by atoms with Gasteiger partial charge in [0.1, 0.15) is 5.92 Å². The lowest BCUT2D eigenvalue weighted by atomic mass is 9.94. The van der Waals surface area contributed by atoms with Gasteiger partial charge in [0, 0.05) is 26.6 Å². The molecule has 3 rings (SSSR count). The number of nitrogens with two attached hydrogens (primary N) is 1. The van der Waals surface area contributed by atoms with E-state index in [0.29, 0.717) is 21.3 Å². The van der Waals surface area contributed by atoms with Gasteiger partial charge >= 0.3 is 0 Å². The van der Waals surface area contributed by atoms with Crippen molar-refractivity contribution in [1.82, 2.24) is 4.98 Å². The third kappa shape index (κ3) is 3.24. The molecule has 0 aliphatic rings. The standard InChI is InChI=1S/C17H12Cl2N2OS/c18-11-3-1-4-12(19)15(11)16(17(20)22)14-6-2-5-13(21-14)10-7-8-23-9-10/h1-9,16H,(H2,20,22). The second-order valence-corrected chi connectivity index (χ2v) is 6.52. The van der Waals surface area contributed by atoms with Crippen LogP contribution < -0.4 is 5.73 Å². The highest BCUT2D eigenvalue weighted by molar-refractivity contribution is 7.08. The fourth-order valence-electron chi connectivity index (χ4n) is 2.41. The molecule has 0 bridgehead atoms. The first kappa shape index (κ1) is 16.0. The van der Waals surface area contributed by atoms with Crippen LogP contribution in [-0.4, -0.2) is 10.9 Å². The maximum absolute atomic E-state index is 12.1. The van der Waals surface area contributed by atoms with E-state index in [0.717, 1.165) is 11.3 Å². The minimum absolute atomic E-state index is 0.393. The number of aromatic nitrogens is 1. The van der Waals surface area contributed by atoms with Crippen molar-refractivity contribution in [3.05, 3.63) is 74.5 Å². The van der Waals surface area contributed by atoms with E-state index in [1.54, 1.807) is 35.6 Å². The molecule has 116 valence electrons. The summed E-state index contributed by atoms with van der Waals surface area (Å²) in [4.78, 5) is 16.7. The zero-order valence-electron chi connectivity index (χ0n) is 11.9. The minimum Gasteiger partial charge on any atom is -0.369 e. The van der Waals surface area contributed by atoms with E-state index in [9.17, 15) is 4.79 Å². The van der Waals surface area contributed by atoms with Crippen molar-refractivity contribution in [2.75, 3.05) is 0 Å². The van der Waals surface area contributed by atoms with Crippen molar-refractivity contribution >= 4 is 40.4 Å². The number of halogens is 2. The maximum Gasteiger partial charge on any atom is 0.231 e. The lowest BCUT2D eigenvalue weighted by molar-refractivity contribution is -0.118. The molecule has 23 heavy (non-hydrogen) atoms. The quantitative estimate of drug-likeness (QED) is 0.728. The van der Waals surface area contributed by atoms with Crippen LogP contribution >= 0.6 is 34.5 Å². The Labute approximate surface area is 147 Å². The number of nitrogens with zero attached hydrogens (tertiary/aromatic N) is 1. The first-order valence-electron chi connectivity index (χ1n) is 6.80. The molecular weight excluding hydrogens is 351 g/mol. The summed E-state index contributed by atoms with van der Waals surface area (Å²) in [5, 5.41) is 4.75. The number of hydrogen-bond donors (Lipinski definition) is 1. The molecule has 0 aliphatic carbocycles. The number of benzene rings is 1. The Balaban J connectivity index is 2.13. The molecular formula is C17H12Cl2N2OS. The zero-order chi connectivity index (χ0) is 16.4. The van der Waals surface area contributed by atoms with Gasteiger partial charge in [0.25, 0.3) is 0 Å². The van der Waals surface area contributed by atoms with Gasteiger partial charge < -0.3 is 5.73 Å². The molecule has 1 aromatic carbocycles. The van der Waals surface area contributed by atoms with E-state index in [-0.39, 0.29) is 0 Å². The van der Waals surface area contributed by atoms with Gasteiger partial charge in [-0.15, -0.1) is 0 Å². The van der Waals surface area contributed by atoms with E-state index in [2.05, 4.69) is 4.98 Å². The molecule has 3 aromatic rings. The summed E-state index contributed by atoms with van der Waals surface area (Å²) in [5.41, 5.74) is 8.39. The smallest absolute Gasteiger partial charge is 0.231 e. The molecule has 0 aliphatic heterocycles. The molecule has 1 atom stereocenters. The molecule has 1 amide bonds. The van der Waals surface area contributed by atoms with Gasteiger partial charge in [-0.05, 0) is 35.7 Å². The Hall–Kier alpha value is -1.88. The largest absolute Gasteiger partial charge is 0.369 e. The fraction of sp³-hybridized carbons (Fsp3) is 0.0588. The Bertz CT molecular complexity index is 829. The van der Waals surface area contributed by atoms with Crippen molar-refractivity contribution in [3.63, 3.8) is 0 Å². The molecule has 2 N–H and O–H groups in total. The number of amides is 1. The normalized spacial score (nSPS) is 12.1. The molecule has 1 unspecified atom stereocenters. The fourth-order valence-corrected chi connectivity index (χ4v) is 3.67. The number of pyridine rings is 1. The summed E-state index contributed by atoms with van der Waals surface area (Å²) in [5.74, 6) is -1.34. The predicted octanol–water partition coefficient (Wildman–Crippen LogP) is 4.73. The molecule has 2 heterocycles. The van der Waals surface area contributed by atoms with Gasteiger partial charge in [-0.25, -0.2) is 0 Å². The van der Waals surface area contributed by atoms with Crippen LogP contribution in [0.1, 0.15) is 17.2 Å². The lowest BCUT2D eigenvalue weighted by Crippen LogP contribution is -2.24. The van der Waals surface area contributed by atoms with E-state index in [1.165, 1.54) is 0 Å². The summed E-state index contributed by atoms with van der Waals surface area (Å²) < 4.78 is 0. The molecule has 6 heteroatoms. The molecule has 0 saturated heterocycles. The average Bonchev–Trinajstić information content (AvgIpc) is 3.05. The highest BCUT2D eigenvalue weighted by atomic mass is 35.5. The van der Waals surface area contributed by atoms with Crippen LogP contribution in [0.25, 0.3) is 11.3 Å². The summed E-state index contributed by atoms with van der Waals surface area (Å²) >= 11 is 14.1. The van der Waals surface area contributed by atoms with Crippen molar-refractivity contribution in [1.29, 1.82) is 0 Å². The summed E-state index contributed by atoms with van der Waals surface area (Å²) in [6, 6.07) is 12.5. The van der Waals surface area contributed by atoms with Gasteiger partial charge in [0.05, 0.1) is 11.4 Å². The Kier molecular flexibility index (Phi) is 4.66. The molecule has 3 nitrogen and oxygen atoms in total. The van der Waals surface area contributed by atoms with Crippen LogP contribution in [0.5, 0.6) is 0 Å². The monoisotopic (exact) mass is 362 g/mol. The highest BCUT2D eigenvalue weighted by Gasteiger charge is 2.26. The van der Waals surface area contributed by atoms with Crippen molar-refractivity contribution in [3.8, 4) is 11.3 Å². The van der Waals surface area contributed by atoms with Crippen LogP contribution in [0.3, 0.4) is 0 Å². The number of carbonyl (C=O) groups excluding carboxylic acids is 1. The average molecular weight is 363 g/mol. The summed E-state index contributed by atoms with van der Waals surface area (Å²) in [6.07, 6.45) is 0. The van der Waals surface area contributed by atoms with Crippen molar-refractivity contribution in [2.24, 2.45) is 5.73 Å². The topological polar surface area (TPSA) is 56.0 Å².